The number of carbonyl (C=O) groups is 2. The highest BCUT2D eigenvalue weighted by atomic mass is 32.1. The van der Waals surface area contributed by atoms with Crippen LogP contribution in [0.25, 0.3) is 11.4 Å². The van der Waals surface area contributed by atoms with E-state index in [-0.39, 0.29) is 12.5 Å². The fraction of sp³-hybridized carbons (Fsp3) is 0.278. The lowest BCUT2D eigenvalue weighted by Gasteiger charge is -2.05. The number of primary amides is 1. The highest BCUT2D eigenvalue weighted by Crippen LogP contribution is 2.38. The van der Waals surface area contributed by atoms with Crippen LogP contribution in [0.15, 0.2) is 24.3 Å². The number of thiophene rings is 1. The molecular formula is C18H18N6O3S. The van der Waals surface area contributed by atoms with Gasteiger partial charge in [0.25, 0.3) is 5.91 Å². The molecule has 0 saturated heterocycles. The first-order chi connectivity index (χ1) is 13.5. The summed E-state index contributed by atoms with van der Waals surface area (Å²) < 4.78 is 5.19. The first-order valence-corrected chi connectivity index (χ1v) is 9.53. The van der Waals surface area contributed by atoms with Crippen molar-refractivity contribution in [3.8, 4) is 17.1 Å². The molecule has 0 saturated carbocycles. The molecule has 28 heavy (non-hydrogen) atoms. The molecule has 0 unspecified atom stereocenters. The zero-order chi connectivity index (χ0) is 19.7. The number of tetrazole rings is 1. The molecule has 3 aromatic rings. The van der Waals surface area contributed by atoms with E-state index in [4.69, 9.17) is 10.5 Å². The first-order valence-electron chi connectivity index (χ1n) is 8.71. The lowest BCUT2D eigenvalue weighted by atomic mass is 10.1. The number of aryl methyl sites for hydroxylation is 1. The zero-order valence-electron chi connectivity index (χ0n) is 15.1. The van der Waals surface area contributed by atoms with Crippen molar-refractivity contribution in [3.05, 3.63) is 40.3 Å². The molecule has 4 rings (SSSR count). The van der Waals surface area contributed by atoms with E-state index in [0.29, 0.717) is 22.1 Å². The molecule has 2 amide bonds. The molecule has 144 valence electrons. The summed E-state index contributed by atoms with van der Waals surface area (Å²) in [6, 6.07) is 7.25. The number of methoxy groups -OCH3 is 1. The highest BCUT2D eigenvalue weighted by molar-refractivity contribution is 7.17. The van der Waals surface area contributed by atoms with E-state index < -0.39 is 5.91 Å². The predicted octanol–water partition coefficient (Wildman–Crippen LogP) is 1.64. The van der Waals surface area contributed by atoms with Crippen LogP contribution < -0.4 is 15.8 Å². The molecule has 2 aromatic heterocycles. The van der Waals surface area contributed by atoms with Gasteiger partial charge in [0.15, 0.2) is 0 Å². The van der Waals surface area contributed by atoms with Gasteiger partial charge in [0.2, 0.25) is 11.7 Å². The normalized spacial score (nSPS) is 12.6. The fourth-order valence-corrected chi connectivity index (χ4v) is 4.55. The number of benzene rings is 1. The average molecular weight is 398 g/mol. The average Bonchev–Trinajstić information content (AvgIpc) is 3.37. The maximum absolute atomic E-state index is 12.4. The minimum absolute atomic E-state index is 0.127. The molecule has 3 N–H and O–H groups in total. The number of carbonyl (C=O) groups excluding carboxylic acids is 2. The van der Waals surface area contributed by atoms with Crippen LogP contribution in [0.2, 0.25) is 0 Å². The van der Waals surface area contributed by atoms with E-state index in [2.05, 4.69) is 20.7 Å². The molecule has 9 nitrogen and oxygen atoms in total. The Labute approximate surface area is 164 Å². The summed E-state index contributed by atoms with van der Waals surface area (Å²) >= 11 is 1.41. The number of nitrogens with two attached hydrogens (primary N) is 1. The molecular weight excluding hydrogens is 380 g/mol. The largest absolute Gasteiger partial charge is 0.497 e. The molecule has 1 aliphatic rings. The molecule has 0 bridgehead atoms. The van der Waals surface area contributed by atoms with Crippen LogP contribution in [0.1, 0.15) is 27.2 Å². The van der Waals surface area contributed by atoms with Crippen molar-refractivity contribution >= 4 is 28.2 Å². The van der Waals surface area contributed by atoms with E-state index in [1.165, 1.54) is 16.1 Å². The molecule has 1 aromatic carbocycles. The van der Waals surface area contributed by atoms with Gasteiger partial charge in [0, 0.05) is 10.4 Å². The topological polar surface area (TPSA) is 125 Å². The van der Waals surface area contributed by atoms with Gasteiger partial charge in [0.05, 0.1) is 12.7 Å². The second-order valence-electron chi connectivity index (χ2n) is 6.35. The Hall–Kier alpha value is -3.27. The summed E-state index contributed by atoms with van der Waals surface area (Å²) in [4.78, 5) is 26.6. The predicted molar refractivity (Wildman–Crippen MR) is 103 cm³/mol. The number of fused-ring (bicyclic) bond motifs is 1. The third-order valence-corrected chi connectivity index (χ3v) is 5.69. The zero-order valence-corrected chi connectivity index (χ0v) is 16.0. The number of nitrogens with one attached hydrogen (secondary N) is 1. The number of ether oxygens (including phenoxy) is 1. The van der Waals surface area contributed by atoms with Gasteiger partial charge in [-0.2, -0.15) is 4.80 Å². The van der Waals surface area contributed by atoms with E-state index in [0.717, 1.165) is 35.3 Å². The van der Waals surface area contributed by atoms with Crippen LogP contribution in [0.4, 0.5) is 5.00 Å². The SMILES string of the molecule is COc1cccc(-c2nnn(CC(=O)Nc3sc4c(c3C(N)=O)CCC4)n2)c1. The monoisotopic (exact) mass is 398 g/mol. The molecule has 1 aliphatic carbocycles. The lowest BCUT2D eigenvalue weighted by molar-refractivity contribution is -0.117. The third kappa shape index (κ3) is 3.46. The molecule has 0 aliphatic heterocycles. The van der Waals surface area contributed by atoms with Gasteiger partial charge >= 0.3 is 0 Å². The van der Waals surface area contributed by atoms with Crippen molar-refractivity contribution in [2.75, 3.05) is 12.4 Å². The van der Waals surface area contributed by atoms with Gasteiger partial charge in [-0.25, -0.2) is 0 Å². The van der Waals surface area contributed by atoms with Crippen LogP contribution >= 0.6 is 11.3 Å². The number of aromatic nitrogens is 4. The Bertz CT molecular complexity index is 1060. The van der Waals surface area contributed by atoms with Gasteiger partial charge in [-0.15, -0.1) is 21.5 Å². The van der Waals surface area contributed by atoms with E-state index in [9.17, 15) is 9.59 Å². The third-order valence-electron chi connectivity index (χ3n) is 4.49. The van der Waals surface area contributed by atoms with Crippen molar-refractivity contribution in [3.63, 3.8) is 0 Å². The van der Waals surface area contributed by atoms with E-state index in [1.54, 1.807) is 13.2 Å². The highest BCUT2D eigenvalue weighted by Gasteiger charge is 2.26. The summed E-state index contributed by atoms with van der Waals surface area (Å²) in [5, 5.41) is 15.4. The van der Waals surface area contributed by atoms with Crippen molar-refractivity contribution in [1.29, 1.82) is 0 Å². The van der Waals surface area contributed by atoms with Crippen molar-refractivity contribution in [1.82, 2.24) is 20.2 Å². The number of anilines is 1. The second kappa shape index (κ2) is 7.39. The van der Waals surface area contributed by atoms with Gasteiger partial charge in [-0.05, 0) is 42.2 Å². The summed E-state index contributed by atoms with van der Waals surface area (Å²) in [6.07, 6.45) is 2.73. The minimum Gasteiger partial charge on any atom is -0.497 e. The Morgan fingerprint density at radius 1 is 1.36 bits per heavy atom. The van der Waals surface area contributed by atoms with Crippen molar-refractivity contribution in [2.45, 2.75) is 25.8 Å². The number of nitrogens with zero attached hydrogens (tertiary/aromatic N) is 4. The van der Waals surface area contributed by atoms with Crippen LogP contribution in [-0.4, -0.2) is 39.1 Å². The quantitative estimate of drug-likeness (QED) is 0.650. The minimum atomic E-state index is -0.520. The van der Waals surface area contributed by atoms with Crippen LogP contribution in [0.5, 0.6) is 5.75 Å². The Morgan fingerprint density at radius 3 is 3.00 bits per heavy atom. The molecule has 0 fully saturated rings. The number of hydrogen-bond donors (Lipinski definition) is 2. The van der Waals surface area contributed by atoms with Gasteiger partial charge in [-0.1, -0.05) is 12.1 Å². The standard InChI is InChI=1S/C18H18N6O3S/c1-27-11-5-2-4-10(8-11)17-21-23-24(22-17)9-14(25)20-18-15(16(19)26)12-6-3-7-13(12)28-18/h2,4-5,8H,3,6-7,9H2,1H3,(H2,19,26)(H,20,25). The van der Waals surface area contributed by atoms with Crippen LogP contribution in [-0.2, 0) is 24.2 Å². The molecule has 0 radical (unpaired) electrons. The van der Waals surface area contributed by atoms with Gasteiger partial charge < -0.3 is 15.8 Å². The Kier molecular flexibility index (Phi) is 4.78. The Balaban J connectivity index is 1.48. The number of rotatable bonds is 6. The van der Waals surface area contributed by atoms with E-state index >= 15 is 0 Å². The maximum Gasteiger partial charge on any atom is 0.251 e. The van der Waals surface area contributed by atoms with Crippen LogP contribution in [0, 0.1) is 0 Å². The fourth-order valence-electron chi connectivity index (χ4n) is 3.24. The van der Waals surface area contributed by atoms with Gasteiger partial charge in [0.1, 0.15) is 17.3 Å². The summed E-state index contributed by atoms with van der Waals surface area (Å²) in [5.74, 6) is 0.196. The maximum atomic E-state index is 12.4. The van der Waals surface area contributed by atoms with Gasteiger partial charge in [-0.3, -0.25) is 9.59 Å². The number of amides is 2. The molecule has 0 atom stereocenters. The summed E-state index contributed by atoms with van der Waals surface area (Å²) in [7, 11) is 1.58. The second-order valence-corrected chi connectivity index (χ2v) is 7.45. The van der Waals surface area contributed by atoms with Crippen molar-refractivity contribution < 1.29 is 14.3 Å². The summed E-state index contributed by atoms with van der Waals surface area (Å²) in [5.41, 5.74) is 7.64. The Morgan fingerprint density at radius 2 is 2.21 bits per heavy atom. The molecule has 10 heteroatoms. The van der Waals surface area contributed by atoms with E-state index in [1.807, 2.05) is 18.2 Å². The summed E-state index contributed by atoms with van der Waals surface area (Å²) in [6.45, 7) is -0.127. The first kappa shape index (κ1) is 18.1. The molecule has 2 heterocycles. The van der Waals surface area contributed by atoms with Crippen molar-refractivity contribution in [2.24, 2.45) is 5.73 Å². The molecule has 0 spiro atoms. The smallest absolute Gasteiger partial charge is 0.251 e. The lowest BCUT2D eigenvalue weighted by Crippen LogP contribution is -2.22. The van der Waals surface area contributed by atoms with Crippen LogP contribution in [0.3, 0.4) is 0 Å². The number of hydrogen-bond acceptors (Lipinski definition) is 7.